The monoisotopic (exact) mass is 488 g/mol. The predicted molar refractivity (Wildman–Crippen MR) is 126 cm³/mol. The van der Waals surface area contributed by atoms with Crippen molar-refractivity contribution in [3.8, 4) is 0 Å². The summed E-state index contributed by atoms with van der Waals surface area (Å²) >= 11 is 0. The van der Waals surface area contributed by atoms with E-state index < -0.39 is 36.8 Å². The molecule has 0 aromatic carbocycles. The third kappa shape index (κ3) is 12.3. The SMILES string of the molecule is CCCCC(CC)COC(=O)OC1CCC(OC(=O)O)CC1OC(=O)OCC(CC)CCCC. The summed E-state index contributed by atoms with van der Waals surface area (Å²) in [6.07, 6.45) is 3.37. The lowest BCUT2D eigenvalue weighted by molar-refractivity contribution is -0.0985. The number of rotatable bonds is 15. The second-order valence-corrected chi connectivity index (χ2v) is 9.09. The average Bonchev–Trinajstić information content (AvgIpc) is 2.80. The zero-order chi connectivity index (χ0) is 25.3. The van der Waals surface area contributed by atoms with E-state index in [0.717, 1.165) is 51.4 Å². The predicted octanol–water partition coefficient (Wildman–Crippen LogP) is 6.71. The molecule has 1 fully saturated rings. The number of carboxylic acid groups (broad SMARTS) is 1. The standard InChI is InChI=1S/C25H44O9/c1-5-9-11-18(7-3)16-30-24(28)33-21-14-13-20(32-23(26)27)15-22(21)34-25(29)31-17-19(8-4)12-10-6-2/h18-22H,5-17H2,1-4H3,(H,26,27). The second kappa shape index (κ2) is 17.3. The first-order valence-corrected chi connectivity index (χ1v) is 12.9. The van der Waals surface area contributed by atoms with Gasteiger partial charge in [-0.15, -0.1) is 0 Å². The van der Waals surface area contributed by atoms with Crippen molar-refractivity contribution in [1.29, 1.82) is 0 Å². The van der Waals surface area contributed by atoms with Gasteiger partial charge in [-0.2, -0.15) is 0 Å². The van der Waals surface area contributed by atoms with Crippen LogP contribution in [0.4, 0.5) is 14.4 Å². The van der Waals surface area contributed by atoms with Gasteiger partial charge in [-0.3, -0.25) is 0 Å². The zero-order valence-electron chi connectivity index (χ0n) is 21.3. The van der Waals surface area contributed by atoms with E-state index in [9.17, 15) is 14.4 Å². The molecule has 0 radical (unpaired) electrons. The molecule has 1 N–H and O–H groups in total. The minimum atomic E-state index is -1.40. The highest BCUT2D eigenvalue weighted by Gasteiger charge is 2.38. The minimum absolute atomic E-state index is 0.0838. The van der Waals surface area contributed by atoms with Gasteiger partial charge in [0, 0.05) is 6.42 Å². The number of carbonyl (C=O) groups excluding carboxylic acids is 2. The van der Waals surface area contributed by atoms with Crippen LogP contribution in [0.2, 0.25) is 0 Å². The molecule has 9 nitrogen and oxygen atoms in total. The van der Waals surface area contributed by atoms with Gasteiger partial charge in [0.25, 0.3) is 0 Å². The van der Waals surface area contributed by atoms with Crippen molar-refractivity contribution in [2.24, 2.45) is 11.8 Å². The summed E-state index contributed by atoms with van der Waals surface area (Å²) in [5.74, 6) is 0.525. The Kier molecular flexibility index (Phi) is 15.2. The molecule has 1 saturated carbocycles. The Labute approximate surface area is 203 Å². The van der Waals surface area contributed by atoms with Crippen LogP contribution in [-0.2, 0) is 23.7 Å². The molecule has 0 heterocycles. The molecular formula is C25H44O9. The van der Waals surface area contributed by atoms with Gasteiger partial charge in [-0.1, -0.05) is 66.2 Å². The molecular weight excluding hydrogens is 444 g/mol. The quantitative estimate of drug-likeness (QED) is 0.198. The summed E-state index contributed by atoms with van der Waals surface area (Å²) in [5, 5.41) is 8.94. The Morgan fingerprint density at radius 1 is 0.765 bits per heavy atom. The summed E-state index contributed by atoms with van der Waals surface area (Å²) in [6, 6.07) is 0. The summed E-state index contributed by atoms with van der Waals surface area (Å²) in [4.78, 5) is 35.6. The van der Waals surface area contributed by atoms with Crippen LogP contribution >= 0.6 is 0 Å². The zero-order valence-corrected chi connectivity index (χ0v) is 21.3. The third-order valence-corrected chi connectivity index (χ3v) is 6.41. The topological polar surface area (TPSA) is 118 Å². The Balaban J connectivity index is 2.65. The van der Waals surface area contributed by atoms with Gasteiger partial charge in [0.1, 0.15) is 18.3 Å². The first-order chi connectivity index (χ1) is 16.3. The largest absolute Gasteiger partial charge is 0.508 e. The minimum Gasteiger partial charge on any atom is -0.450 e. The van der Waals surface area contributed by atoms with Crippen molar-refractivity contribution in [1.82, 2.24) is 0 Å². The summed E-state index contributed by atoms with van der Waals surface area (Å²) in [5.41, 5.74) is 0. The van der Waals surface area contributed by atoms with Crippen LogP contribution in [0.25, 0.3) is 0 Å². The molecule has 0 spiro atoms. The lowest BCUT2D eigenvalue weighted by Gasteiger charge is -2.33. The highest BCUT2D eigenvalue weighted by Crippen LogP contribution is 2.28. The molecule has 0 aromatic rings. The normalized spacial score (nSPS) is 21.7. The van der Waals surface area contributed by atoms with Crippen molar-refractivity contribution in [2.75, 3.05) is 13.2 Å². The molecule has 0 amide bonds. The van der Waals surface area contributed by atoms with E-state index in [2.05, 4.69) is 20.8 Å². The van der Waals surface area contributed by atoms with Crippen LogP contribution < -0.4 is 0 Å². The molecule has 5 atom stereocenters. The van der Waals surface area contributed by atoms with Gasteiger partial charge in [0.15, 0.2) is 0 Å². The maximum absolute atomic E-state index is 12.3. The Hall–Kier alpha value is -2.19. The fourth-order valence-electron chi connectivity index (χ4n) is 4.06. The van der Waals surface area contributed by atoms with Crippen molar-refractivity contribution in [3.63, 3.8) is 0 Å². The summed E-state index contributed by atoms with van der Waals surface area (Å²) in [7, 11) is 0. The van der Waals surface area contributed by atoms with E-state index in [-0.39, 0.29) is 37.9 Å². The maximum Gasteiger partial charge on any atom is 0.508 e. The fraction of sp³-hybridized carbons (Fsp3) is 0.880. The molecule has 198 valence electrons. The van der Waals surface area contributed by atoms with Gasteiger partial charge < -0.3 is 28.8 Å². The van der Waals surface area contributed by atoms with Crippen molar-refractivity contribution in [3.05, 3.63) is 0 Å². The molecule has 0 saturated heterocycles. The van der Waals surface area contributed by atoms with Crippen molar-refractivity contribution in [2.45, 2.75) is 117 Å². The molecule has 5 unspecified atom stereocenters. The van der Waals surface area contributed by atoms with E-state index in [4.69, 9.17) is 28.8 Å². The Morgan fingerprint density at radius 2 is 1.26 bits per heavy atom. The summed E-state index contributed by atoms with van der Waals surface area (Å²) < 4.78 is 26.4. The molecule has 0 aliphatic heterocycles. The first-order valence-electron chi connectivity index (χ1n) is 12.9. The number of carbonyl (C=O) groups is 3. The van der Waals surface area contributed by atoms with Crippen LogP contribution in [0.1, 0.15) is 98.3 Å². The number of unbranched alkanes of at least 4 members (excludes halogenated alkanes) is 2. The van der Waals surface area contributed by atoms with Crippen LogP contribution in [0, 0.1) is 11.8 Å². The van der Waals surface area contributed by atoms with Crippen LogP contribution in [0.5, 0.6) is 0 Å². The van der Waals surface area contributed by atoms with Crippen LogP contribution in [0.3, 0.4) is 0 Å². The average molecular weight is 489 g/mol. The highest BCUT2D eigenvalue weighted by atomic mass is 16.8. The highest BCUT2D eigenvalue weighted by molar-refractivity contribution is 5.61. The maximum atomic E-state index is 12.3. The first kappa shape index (κ1) is 29.8. The van der Waals surface area contributed by atoms with Gasteiger partial charge >= 0.3 is 18.5 Å². The van der Waals surface area contributed by atoms with Crippen LogP contribution in [-0.4, -0.2) is 55.1 Å². The Bertz CT molecular complexity index is 595. The van der Waals surface area contributed by atoms with Crippen molar-refractivity contribution >= 4 is 18.5 Å². The molecule has 0 bridgehead atoms. The second-order valence-electron chi connectivity index (χ2n) is 9.09. The molecule has 1 aliphatic carbocycles. The van der Waals surface area contributed by atoms with E-state index in [0.29, 0.717) is 6.42 Å². The third-order valence-electron chi connectivity index (χ3n) is 6.41. The van der Waals surface area contributed by atoms with Crippen molar-refractivity contribution < 1.29 is 43.2 Å². The smallest absolute Gasteiger partial charge is 0.450 e. The van der Waals surface area contributed by atoms with Gasteiger partial charge in [-0.05, 0) is 37.5 Å². The van der Waals surface area contributed by atoms with E-state index in [1.54, 1.807) is 0 Å². The van der Waals surface area contributed by atoms with Gasteiger partial charge in [-0.25, -0.2) is 14.4 Å². The lowest BCUT2D eigenvalue weighted by Crippen LogP contribution is -2.43. The van der Waals surface area contributed by atoms with Gasteiger partial charge in [0.2, 0.25) is 0 Å². The number of ether oxygens (including phenoxy) is 5. The fourth-order valence-corrected chi connectivity index (χ4v) is 4.06. The molecule has 1 rings (SSSR count). The molecule has 9 heteroatoms. The number of hydrogen-bond donors (Lipinski definition) is 1. The number of hydrogen-bond acceptors (Lipinski definition) is 8. The molecule has 34 heavy (non-hydrogen) atoms. The van der Waals surface area contributed by atoms with E-state index in [1.807, 2.05) is 6.92 Å². The van der Waals surface area contributed by atoms with E-state index in [1.165, 1.54) is 0 Å². The Morgan fingerprint density at radius 3 is 1.71 bits per heavy atom. The summed E-state index contributed by atoms with van der Waals surface area (Å²) in [6.45, 7) is 8.85. The van der Waals surface area contributed by atoms with Crippen LogP contribution in [0.15, 0.2) is 0 Å². The van der Waals surface area contributed by atoms with E-state index >= 15 is 0 Å². The molecule has 0 aromatic heterocycles. The molecule has 1 aliphatic rings. The lowest BCUT2D eigenvalue weighted by atomic mass is 9.92. The van der Waals surface area contributed by atoms with Gasteiger partial charge in [0.05, 0.1) is 13.2 Å².